The van der Waals surface area contributed by atoms with Crippen LogP contribution in [-0.4, -0.2) is 40.1 Å². The lowest BCUT2D eigenvalue weighted by molar-refractivity contribution is -0.133. The molecule has 0 saturated carbocycles. The number of carbonyl (C=O) groups excluding carboxylic acids is 1. The van der Waals surface area contributed by atoms with Crippen LogP contribution in [0.25, 0.3) is 27.7 Å². The van der Waals surface area contributed by atoms with Crippen LogP contribution in [0.15, 0.2) is 108 Å². The van der Waals surface area contributed by atoms with E-state index >= 15 is 0 Å². The van der Waals surface area contributed by atoms with Crippen LogP contribution in [0.5, 0.6) is 0 Å². The number of rotatable bonds is 10. The predicted molar refractivity (Wildman–Crippen MR) is 164 cm³/mol. The third-order valence-corrected chi connectivity index (χ3v) is 7.31. The van der Waals surface area contributed by atoms with Crippen molar-refractivity contribution in [3.63, 3.8) is 0 Å². The standard InChI is InChI=1S/C35H32N4O3/c1-3-42-22-21-38(33(40)23-26-13-17-29(18-14-26)28-9-5-4-6-10-28)25(2)34-37-32-12-8-7-11-31(32)35(41)39(34)30-19-15-27(24-36)16-20-30/h4-20,25H,3,21-23H2,1-2H3. The largest absolute Gasteiger partial charge is 0.380 e. The average Bonchev–Trinajstić information content (AvgIpc) is 3.03. The van der Waals surface area contributed by atoms with E-state index < -0.39 is 6.04 Å². The number of ether oxygens (including phenoxy) is 1. The minimum Gasteiger partial charge on any atom is -0.380 e. The molecule has 1 aromatic heterocycles. The summed E-state index contributed by atoms with van der Waals surface area (Å²) in [4.78, 5) is 34.3. The Morgan fingerprint density at radius 1 is 0.929 bits per heavy atom. The molecule has 7 nitrogen and oxygen atoms in total. The lowest BCUT2D eigenvalue weighted by Gasteiger charge is -2.30. The predicted octanol–water partition coefficient (Wildman–Crippen LogP) is 6.09. The molecule has 0 radical (unpaired) electrons. The third kappa shape index (κ3) is 6.14. The van der Waals surface area contributed by atoms with Crippen LogP contribution in [0.3, 0.4) is 0 Å². The van der Waals surface area contributed by atoms with Gasteiger partial charge in [0.1, 0.15) is 5.82 Å². The highest BCUT2D eigenvalue weighted by Gasteiger charge is 2.27. The molecule has 5 rings (SSSR count). The van der Waals surface area contributed by atoms with Gasteiger partial charge in [-0.2, -0.15) is 5.26 Å². The number of benzene rings is 4. The zero-order chi connectivity index (χ0) is 29.5. The van der Waals surface area contributed by atoms with Crippen molar-refractivity contribution >= 4 is 16.8 Å². The summed E-state index contributed by atoms with van der Waals surface area (Å²) in [5.74, 6) is 0.344. The Hall–Kier alpha value is -5.06. The van der Waals surface area contributed by atoms with E-state index in [9.17, 15) is 14.9 Å². The Kier molecular flexibility index (Phi) is 8.86. The fraction of sp³-hybridized carbons (Fsp3) is 0.200. The zero-order valence-electron chi connectivity index (χ0n) is 23.7. The maximum atomic E-state index is 13.9. The SMILES string of the molecule is CCOCCN(C(=O)Cc1ccc(-c2ccccc2)cc1)C(C)c1nc2ccccc2c(=O)n1-c1ccc(C#N)cc1. The van der Waals surface area contributed by atoms with Crippen LogP contribution in [0.1, 0.15) is 36.8 Å². The molecule has 1 amide bonds. The van der Waals surface area contributed by atoms with Crippen molar-refractivity contribution in [1.82, 2.24) is 14.5 Å². The summed E-state index contributed by atoms with van der Waals surface area (Å²) in [5.41, 5.74) is 4.48. The molecule has 0 N–H and O–H groups in total. The smallest absolute Gasteiger partial charge is 0.266 e. The van der Waals surface area contributed by atoms with Gasteiger partial charge in [0.15, 0.2) is 0 Å². The third-order valence-electron chi connectivity index (χ3n) is 7.31. The monoisotopic (exact) mass is 556 g/mol. The molecule has 0 fully saturated rings. The highest BCUT2D eigenvalue weighted by molar-refractivity contribution is 5.80. The van der Waals surface area contributed by atoms with Gasteiger partial charge in [0, 0.05) is 13.2 Å². The second kappa shape index (κ2) is 13.1. The average molecular weight is 557 g/mol. The number of carbonyl (C=O) groups is 1. The Labute approximate surface area is 245 Å². The van der Waals surface area contributed by atoms with Crippen LogP contribution in [0, 0.1) is 11.3 Å². The zero-order valence-corrected chi connectivity index (χ0v) is 23.7. The van der Waals surface area contributed by atoms with Gasteiger partial charge in [-0.1, -0.05) is 66.7 Å². The van der Waals surface area contributed by atoms with E-state index in [1.54, 1.807) is 51.9 Å². The van der Waals surface area contributed by atoms with Gasteiger partial charge >= 0.3 is 0 Å². The number of nitrogens with zero attached hydrogens (tertiary/aromatic N) is 4. The van der Waals surface area contributed by atoms with E-state index in [1.165, 1.54) is 0 Å². The molecule has 0 aliphatic carbocycles. The first kappa shape index (κ1) is 28.5. The van der Waals surface area contributed by atoms with Gasteiger partial charge in [-0.15, -0.1) is 0 Å². The molecule has 5 aromatic rings. The second-order valence-electron chi connectivity index (χ2n) is 9.99. The summed E-state index contributed by atoms with van der Waals surface area (Å²) in [5, 5.41) is 9.76. The van der Waals surface area contributed by atoms with E-state index in [1.807, 2.05) is 62.4 Å². The topological polar surface area (TPSA) is 88.2 Å². The number of hydrogen-bond acceptors (Lipinski definition) is 5. The molecule has 0 spiro atoms. The van der Waals surface area contributed by atoms with Gasteiger partial charge in [-0.05, 0) is 66.9 Å². The van der Waals surface area contributed by atoms with Gasteiger partial charge in [0.2, 0.25) is 5.91 Å². The molecule has 42 heavy (non-hydrogen) atoms. The number of fused-ring (bicyclic) bond motifs is 1. The van der Waals surface area contributed by atoms with E-state index in [0.717, 1.165) is 16.7 Å². The van der Waals surface area contributed by atoms with Crippen molar-refractivity contribution in [3.8, 4) is 22.9 Å². The van der Waals surface area contributed by atoms with E-state index in [-0.39, 0.29) is 17.9 Å². The van der Waals surface area contributed by atoms with Crippen molar-refractivity contribution in [2.75, 3.05) is 19.8 Å². The maximum Gasteiger partial charge on any atom is 0.266 e. The molecule has 1 heterocycles. The van der Waals surface area contributed by atoms with Crippen LogP contribution in [0.2, 0.25) is 0 Å². The summed E-state index contributed by atoms with van der Waals surface area (Å²) in [7, 11) is 0. The highest BCUT2D eigenvalue weighted by Crippen LogP contribution is 2.25. The van der Waals surface area contributed by atoms with E-state index in [2.05, 4.69) is 18.2 Å². The maximum absolute atomic E-state index is 13.9. The summed E-state index contributed by atoms with van der Waals surface area (Å²) >= 11 is 0. The number of para-hydroxylation sites is 1. The number of nitriles is 1. The number of amides is 1. The van der Waals surface area contributed by atoms with Crippen molar-refractivity contribution in [1.29, 1.82) is 5.26 Å². The fourth-order valence-electron chi connectivity index (χ4n) is 5.07. The Bertz CT molecular complexity index is 1770. The Balaban J connectivity index is 1.51. The molecule has 1 unspecified atom stereocenters. The van der Waals surface area contributed by atoms with Crippen LogP contribution in [0.4, 0.5) is 0 Å². The van der Waals surface area contributed by atoms with Gasteiger partial charge in [-0.25, -0.2) is 4.98 Å². The molecular formula is C35H32N4O3. The molecular weight excluding hydrogens is 524 g/mol. The van der Waals surface area contributed by atoms with Gasteiger partial charge in [0.05, 0.1) is 47.3 Å². The summed E-state index contributed by atoms with van der Waals surface area (Å²) < 4.78 is 7.18. The van der Waals surface area contributed by atoms with E-state index in [4.69, 9.17) is 9.72 Å². The van der Waals surface area contributed by atoms with Crippen molar-refractivity contribution < 1.29 is 9.53 Å². The van der Waals surface area contributed by atoms with Crippen molar-refractivity contribution in [3.05, 3.63) is 130 Å². The fourth-order valence-corrected chi connectivity index (χ4v) is 5.07. The first-order valence-corrected chi connectivity index (χ1v) is 14.0. The highest BCUT2D eigenvalue weighted by atomic mass is 16.5. The first-order chi connectivity index (χ1) is 20.5. The van der Waals surface area contributed by atoms with Crippen LogP contribution >= 0.6 is 0 Å². The van der Waals surface area contributed by atoms with Crippen LogP contribution in [-0.2, 0) is 16.0 Å². The van der Waals surface area contributed by atoms with Crippen molar-refractivity contribution in [2.45, 2.75) is 26.3 Å². The number of aromatic nitrogens is 2. The summed E-state index contributed by atoms with van der Waals surface area (Å²) in [6.45, 7) is 5.03. The Morgan fingerprint density at radius 2 is 1.60 bits per heavy atom. The summed E-state index contributed by atoms with van der Waals surface area (Å²) in [6.07, 6.45) is 0.195. The molecule has 1 atom stereocenters. The minimum atomic E-state index is -0.547. The lowest BCUT2D eigenvalue weighted by Crippen LogP contribution is -2.40. The van der Waals surface area contributed by atoms with E-state index in [0.29, 0.717) is 47.7 Å². The first-order valence-electron chi connectivity index (χ1n) is 14.0. The summed E-state index contributed by atoms with van der Waals surface area (Å²) in [6, 6.07) is 33.7. The van der Waals surface area contributed by atoms with Crippen LogP contribution < -0.4 is 5.56 Å². The lowest BCUT2D eigenvalue weighted by atomic mass is 10.0. The van der Waals surface area contributed by atoms with Crippen molar-refractivity contribution in [2.24, 2.45) is 0 Å². The second-order valence-corrected chi connectivity index (χ2v) is 9.99. The molecule has 210 valence electrons. The van der Waals surface area contributed by atoms with Gasteiger partial charge < -0.3 is 9.64 Å². The number of hydrogen-bond donors (Lipinski definition) is 0. The Morgan fingerprint density at radius 3 is 2.29 bits per heavy atom. The molecule has 7 heteroatoms. The molecule has 4 aromatic carbocycles. The normalized spacial score (nSPS) is 11.6. The molecule has 0 saturated heterocycles. The van der Waals surface area contributed by atoms with Gasteiger partial charge in [0.25, 0.3) is 5.56 Å². The quantitative estimate of drug-likeness (QED) is 0.194. The minimum absolute atomic E-state index is 0.0940. The molecule has 0 aliphatic rings. The molecule has 0 aliphatic heterocycles. The molecule has 0 bridgehead atoms. The van der Waals surface area contributed by atoms with Gasteiger partial charge in [-0.3, -0.25) is 14.2 Å².